The highest BCUT2D eigenvalue weighted by Gasteiger charge is 2.42. The Hall–Kier alpha value is -2.48. The van der Waals surface area contributed by atoms with E-state index in [9.17, 15) is 9.18 Å². The first-order valence-corrected chi connectivity index (χ1v) is 9.68. The molecule has 4 rings (SSSR count). The number of nitrogens with zero attached hydrogens (tertiary/aromatic N) is 1. The van der Waals surface area contributed by atoms with Crippen molar-refractivity contribution in [1.29, 1.82) is 0 Å². The number of primary amides is 1. The first kappa shape index (κ1) is 18.9. The Morgan fingerprint density at radius 3 is 2.61 bits per heavy atom. The average molecular weight is 383 g/mol. The van der Waals surface area contributed by atoms with Gasteiger partial charge in [-0.15, -0.1) is 0 Å². The third-order valence-corrected chi connectivity index (χ3v) is 5.95. The Bertz CT molecular complexity index is 870. The van der Waals surface area contributed by atoms with Crippen molar-refractivity contribution < 1.29 is 9.18 Å². The number of rotatable bonds is 3. The predicted octanol–water partition coefficient (Wildman–Crippen LogP) is 3.00. The van der Waals surface area contributed by atoms with Crippen LogP contribution in [0.15, 0.2) is 42.5 Å². The molecule has 1 saturated heterocycles. The van der Waals surface area contributed by atoms with Crippen LogP contribution in [0.2, 0.25) is 0 Å². The van der Waals surface area contributed by atoms with Crippen molar-refractivity contribution in [2.24, 2.45) is 17.4 Å². The van der Waals surface area contributed by atoms with E-state index in [1.807, 2.05) is 31.2 Å². The van der Waals surface area contributed by atoms with Crippen molar-refractivity contribution in [2.45, 2.75) is 44.3 Å². The van der Waals surface area contributed by atoms with E-state index in [0.717, 1.165) is 24.8 Å². The summed E-state index contributed by atoms with van der Waals surface area (Å²) < 4.78 is 14.3. The Morgan fingerprint density at radius 2 is 1.89 bits per heavy atom. The van der Waals surface area contributed by atoms with Crippen LogP contribution in [-0.2, 0) is 0 Å². The number of benzene rings is 2. The van der Waals surface area contributed by atoms with Gasteiger partial charge in [-0.05, 0) is 61.1 Å². The van der Waals surface area contributed by atoms with Gasteiger partial charge in [0.15, 0.2) is 0 Å². The maximum Gasteiger partial charge on any atom is 0.323 e. The number of hydrogen-bond donors (Lipinski definition) is 4. The summed E-state index contributed by atoms with van der Waals surface area (Å²) in [6, 6.07) is 11.9. The Kier molecular flexibility index (Phi) is 5.05. The minimum absolute atomic E-state index is 0.0847. The lowest BCUT2D eigenvalue weighted by molar-refractivity contribution is 0.256. The summed E-state index contributed by atoms with van der Waals surface area (Å²) in [5.41, 5.74) is 21.0. The van der Waals surface area contributed by atoms with Gasteiger partial charge in [0.1, 0.15) is 5.82 Å². The third-order valence-electron chi connectivity index (χ3n) is 5.95. The quantitative estimate of drug-likeness (QED) is 0.655. The van der Waals surface area contributed by atoms with Crippen LogP contribution < -0.4 is 27.2 Å². The molecule has 6 nitrogen and oxygen atoms in total. The summed E-state index contributed by atoms with van der Waals surface area (Å²) >= 11 is 0. The number of anilines is 2. The number of carbonyl (C=O) groups is 1. The molecule has 0 spiro atoms. The van der Waals surface area contributed by atoms with Gasteiger partial charge in [-0.1, -0.05) is 24.6 Å². The molecule has 2 amide bonds. The molecule has 148 valence electrons. The number of hydrazine groups is 1. The van der Waals surface area contributed by atoms with Crippen molar-refractivity contribution in [1.82, 2.24) is 10.9 Å². The molecular weight excluding hydrogens is 357 g/mol. The van der Waals surface area contributed by atoms with Gasteiger partial charge in [0, 0.05) is 12.0 Å². The topological polar surface area (TPSA) is 96.4 Å². The monoisotopic (exact) mass is 383 g/mol. The minimum Gasteiger partial charge on any atom is -0.351 e. The van der Waals surface area contributed by atoms with Crippen LogP contribution in [-0.4, -0.2) is 18.2 Å². The van der Waals surface area contributed by atoms with Crippen LogP contribution >= 0.6 is 0 Å². The summed E-state index contributed by atoms with van der Waals surface area (Å²) in [5.74, 6) is 0.168. The first-order chi connectivity index (χ1) is 13.5. The number of carbonyl (C=O) groups excluding carboxylic acids is 1. The van der Waals surface area contributed by atoms with Crippen LogP contribution in [0.25, 0.3) is 0 Å². The first-order valence-electron chi connectivity index (χ1n) is 9.68. The molecule has 2 fully saturated rings. The lowest BCUT2D eigenvalue weighted by Gasteiger charge is -2.35. The fourth-order valence-electron chi connectivity index (χ4n) is 4.63. The standard InChI is InChI=1S/C21H26FN5O/c1-12-5-10-16(22)18(11-12)27(21(24)28)14-8-6-13(7-9-14)15-3-2-4-17-19(15)20(23)26-25-17/h5-11,15,17,19-20,25-26H,2-4,23H2,1H3,(H2,24,28). The summed E-state index contributed by atoms with van der Waals surface area (Å²) in [4.78, 5) is 13.3. The highest BCUT2D eigenvalue weighted by Crippen LogP contribution is 2.41. The molecule has 2 aromatic carbocycles. The Labute approximate surface area is 164 Å². The predicted molar refractivity (Wildman–Crippen MR) is 107 cm³/mol. The van der Waals surface area contributed by atoms with Gasteiger partial charge < -0.3 is 11.5 Å². The third kappa shape index (κ3) is 3.37. The molecule has 1 aliphatic heterocycles. The van der Waals surface area contributed by atoms with Crippen LogP contribution in [0.5, 0.6) is 0 Å². The molecule has 6 N–H and O–H groups in total. The number of urea groups is 1. The molecule has 7 heteroatoms. The highest BCUT2D eigenvalue weighted by molar-refractivity contribution is 5.98. The molecule has 0 radical (unpaired) electrons. The van der Waals surface area contributed by atoms with E-state index in [2.05, 4.69) is 10.9 Å². The molecule has 1 aliphatic carbocycles. The maximum atomic E-state index is 14.3. The number of amides is 2. The van der Waals surface area contributed by atoms with Crippen molar-refractivity contribution in [3.8, 4) is 0 Å². The minimum atomic E-state index is -0.721. The van der Waals surface area contributed by atoms with Crippen molar-refractivity contribution in [3.05, 3.63) is 59.4 Å². The summed E-state index contributed by atoms with van der Waals surface area (Å²) in [7, 11) is 0. The van der Waals surface area contributed by atoms with Gasteiger partial charge in [0.25, 0.3) is 0 Å². The van der Waals surface area contributed by atoms with Gasteiger partial charge in [0.05, 0.1) is 17.5 Å². The molecule has 4 unspecified atom stereocenters. The van der Waals surface area contributed by atoms with Gasteiger partial charge in [-0.2, -0.15) is 0 Å². The molecule has 1 heterocycles. The molecule has 0 aromatic heterocycles. The second-order valence-corrected chi connectivity index (χ2v) is 7.76. The van der Waals surface area contributed by atoms with Gasteiger partial charge >= 0.3 is 6.03 Å². The number of hydrogen-bond acceptors (Lipinski definition) is 4. The molecule has 28 heavy (non-hydrogen) atoms. The molecule has 4 atom stereocenters. The van der Waals surface area contributed by atoms with Crippen molar-refractivity contribution >= 4 is 17.4 Å². The van der Waals surface area contributed by atoms with E-state index < -0.39 is 11.8 Å². The van der Waals surface area contributed by atoms with E-state index in [-0.39, 0.29) is 11.9 Å². The Morgan fingerprint density at radius 1 is 1.14 bits per heavy atom. The van der Waals surface area contributed by atoms with E-state index >= 15 is 0 Å². The lowest BCUT2D eigenvalue weighted by atomic mass is 9.72. The van der Waals surface area contributed by atoms with Gasteiger partial charge in [-0.3, -0.25) is 10.3 Å². The van der Waals surface area contributed by atoms with Crippen LogP contribution in [0.4, 0.5) is 20.6 Å². The van der Waals surface area contributed by atoms with Crippen LogP contribution in [0.1, 0.15) is 36.3 Å². The van der Waals surface area contributed by atoms with Crippen molar-refractivity contribution in [3.63, 3.8) is 0 Å². The average Bonchev–Trinajstić information content (AvgIpc) is 3.06. The molecule has 1 saturated carbocycles. The SMILES string of the molecule is Cc1ccc(F)c(N(C(N)=O)c2ccc(C3CCCC4NNC(N)C43)cc2)c1. The highest BCUT2D eigenvalue weighted by atomic mass is 19.1. The fourth-order valence-corrected chi connectivity index (χ4v) is 4.63. The largest absolute Gasteiger partial charge is 0.351 e. The molecular formula is C21H26FN5O. The summed E-state index contributed by atoms with van der Waals surface area (Å²) in [6.07, 6.45) is 3.24. The van der Waals surface area contributed by atoms with Crippen LogP contribution in [0, 0.1) is 18.7 Å². The van der Waals surface area contributed by atoms with E-state index in [1.54, 1.807) is 12.1 Å². The van der Waals surface area contributed by atoms with Crippen LogP contribution in [0.3, 0.4) is 0 Å². The number of aryl methyl sites for hydroxylation is 1. The molecule has 2 aliphatic rings. The van der Waals surface area contributed by atoms with Gasteiger partial charge in [-0.25, -0.2) is 14.6 Å². The fraction of sp³-hybridized carbons (Fsp3) is 0.381. The summed E-state index contributed by atoms with van der Waals surface area (Å²) in [5, 5.41) is 0. The number of halogens is 1. The number of fused-ring (bicyclic) bond motifs is 1. The normalized spacial score (nSPS) is 26.7. The molecule has 2 aromatic rings. The second kappa shape index (κ2) is 7.50. The zero-order valence-electron chi connectivity index (χ0n) is 15.9. The van der Waals surface area contributed by atoms with E-state index in [1.165, 1.54) is 16.5 Å². The zero-order valence-corrected chi connectivity index (χ0v) is 15.9. The zero-order chi connectivity index (χ0) is 19.8. The molecule has 0 bridgehead atoms. The number of nitrogens with two attached hydrogens (primary N) is 2. The summed E-state index contributed by atoms with van der Waals surface area (Å²) in [6.45, 7) is 1.84. The lowest BCUT2D eigenvalue weighted by Crippen LogP contribution is -2.41. The Balaban J connectivity index is 1.64. The van der Waals surface area contributed by atoms with Crippen molar-refractivity contribution in [2.75, 3.05) is 4.90 Å². The second-order valence-electron chi connectivity index (χ2n) is 7.76. The number of nitrogens with one attached hydrogen (secondary N) is 2. The van der Waals surface area contributed by atoms with Gasteiger partial charge in [0.2, 0.25) is 0 Å². The maximum absolute atomic E-state index is 14.3. The smallest absolute Gasteiger partial charge is 0.323 e. The van der Waals surface area contributed by atoms with E-state index in [0.29, 0.717) is 23.6 Å². The van der Waals surface area contributed by atoms with E-state index in [4.69, 9.17) is 11.5 Å².